The molecule has 0 saturated carbocycles. The van der Waals surface area contributed by atoms with E-state index in [1.165, 1.54) is 12.1 Å². The molecule has 1 aliphatic heterocycles. The minimum Gasteiger partial charge on any atom is -0.494 e. The first-order valence-corrected chi connectivity index (χ1v) is 9.35. The highest BCUT2D eigenvalue weighted by atomic mass is 19.3. The van der Waals surface area contributed by atoms with Crippen molar-refractivity contribution < 1.29 is 27.8 Å². The summed E-state index contributed by atoms with van der Waals surface area (Å²) in [5.41, 5.74) is 2.53. The molecule has 0 aliphatic carbocycles. The van der Waals surface area contributed by atoms with Crippen molar-refractivity contribution in [2.24, 2.45) is 0 Å². The number of nitrogens with one attached hydrogen (secondary N) is 2. The van der Waals surface area contributed by atoms with Crippen molar-refractivity contribution in [2.75, 3.05) is 11.9 Å². The lowest BCUT2D eigenvalue weighted by Crippen LogP contribution is -2.23. The monoisotopic (exact) mass is 404 g/mol. The molecular weight excluding hydrogens is 382 g/mol. The van der Waals surface area contributed by atoms with E-state index >= 15 is 0 Å². The van der Waals surface area contributed by atoms with Crippen LogP contribution in [0.1, 0.15) is 30.4 Å². The summed E-state index contributed by atoms with van der Waals surface area (Å²) in [4.78, 5) is 23.3. The molecule has 0 saturated heterocycles. The molecule has 2 N–H and O–H groups in total. The van der Waals surface area contributed by atoms with Crippen molar-refractivity contribution in [3.8, 4) is 11.5 Å². The maximum Gasteiger partial charge on any atom is 0.387 e. The molecule has 0 bridgehead atoms. The highest BCUT2D eigenvalue weighted by molar-refractivity contribution is 5.94. The van der Waals surface area contributed by atoms with Crippen LogP contribution < -0.4 is 20.1 Å². The minimum absolute atomic E-state index is 0.0189. The molecule has 0 spiro atoms. The lowest BCUT2D eigenvalue weighted by atomic mass is 10.0. The molecule has 0 unspecified atom stereocenters. The molecule has 0 atom stereocenters. The van der Waals surface area contributed by atoms with Crippen molar-refractivity contribution >= 4 is 17.5 Å². The fraction of sp³-hybridized carbons (Fsp3) is 0.333. The molecule has 29 heavy (non-hydrogen) atoms. The van der Waals surface area contributed by atoms with Gasteiger partial charge in [-0.1, -0.05) is 12.1 Å². The molecule has 1 heterocycles. The molecule has 1 aliphatic rings. The Morgan fingerprint density at radius 3 is 2.83 bits per heavy atom. The molecule has 2 aromatic rings. The van der Waals surface area contributed by atoms with Crippen molar-refractivity contribution in [2.45, 2.75) is 38.8 Å². The summed E-state index contributed by atoms with van der Waals surface area (Å²) < 4.78 is 34.5. The maximum absolute atomic E-state index is 12.2. The zero-order valence-corrected chi connectivity index (χ0v) is 15.8. The SMILES string of the molecule is O=C(CCCOc1ccc2c(c1)CCC(=O)N2)NCc1cccc(OC(F)F)c1. The van der Waals surface area contributed by atoms with E-state index in [-0.39, 0.29) is 30.5 Å². The minimum atomic E-state index is -2.88. The van der Waals surface area contributed by atoms with Gasteiger partial charge < -0.3 is 20.1 Å². The molecule has 154 valence electrons. The van der Waals surface area contributed by atoms with Gasteiger partial charge in [-0.2, -0.15) is 8.78 Å². The Labute approximate surface area is 167 Å². The van der Waals surface area contributed by atoms with Crippen LogP contribution in [-0.2, 0) is 22.6 Å². The lowest BCUT2D eigenvalue weighted by molar-refractivity contribution is -0.121. The van der Waals surface area contributed by atoms with Crippen molar-refractivity contribution in [3.05, 3.63) is 53.6 Å². The molecule has 3 rings (SSSR count). The first-order valence-electron chi connectivity index (χ1n) is 9.35. The number of halogens is 2. The number of benzene rings is 2. The highest BCUT2D eigenvalue weighted by Gasteiger charge is 2.15. The summed E-state index contributed by atoms with van der Waals surface area (Å²) in [7, 11) is 0. The van der Waals surface area contributed by atoms with E-state index in [1.54, 1.807) is 18.2 Å². The Morgan fingerprint density at radius 1 is 1.14 bits per heavy atom. The van der Waals surface area contributed by atoms with Gasteiger partial charge in [0, 0.05) is 25.1 Å². The average Bonchev–Trinajstić information content (AvgIpc) is 2.69. The maximum atomic E-state index is 12.2. The van der Waals surface area contributed by atoms with Crippen LogP contribution in [0.15, 0.2) is 42.5 Å². The third-order valence-electron chi connectivity index (χ3n) is 4.40. The number of fused-ring (bicyclic) bond motifs is 1. The number of amides is 2. The summed E-state index contributed by atoms with van der Waals surface area (Å²) in [6.45, 7) is -2.26. The Balaban J connectivity index is 1.37. The molecule has 0 aromatic heterocycles. The molecule has 0 radical (unpaired) electrons. The van der Waals surface area contributed by atoms with Gasteiger partial charge >= 0.3 is 6.61 Å². The predicted molar refractivity (Wildman–Crippen MR) is 103 cm³/mol. The summed E-state index contributed by atoms with van der Waals surface area (Å²) >= 11 is 0. The van der Waals surface area contributed by atoms with Gasteiger partial charge in [-0.3, -0.25) is 9.59 Å². The average molecular weight is 404 g/mol. The van der Waals surface area contributed by atoms with Gasteiger partial charge in [0.1, 0.15) is 11.5 Å². The van der Waals surface area contributed by atoms with Gasteiger partial charge in [-0.25, -0.2) is 0 Å². The van der Waals surface area contributed by atoms with Crippen LogP contribution in [0.4, 0.5) is 14.5 Å². The molecule has 2 aromatic carbocycles. The Bertz CT molecular complexity index is 874. The van der Waals surface area contributed by atoms with Crippen LogP contribution in [0, 0.1) is 0 Å². The van der Waals surface area contributed by atoms with Gasteiger partial charge in [0.25, 0.3) is 0 Å². The summed E-state index contributed by atoms with van der Waals surface area (Å²) in [5.74, 6) is 0.633. The van der Waals surface area contributed by atoms with E-state index in [0.29, 0.717) is 37.2 Å². The number of rotatable bonds is 9. The number of anilines is 1. The van der Waals surface area contributed by atoms with Crippen LogP contribution in [0.3, 0.4) is 0 Å². The Morgan fingerprint density at radius 2 is 2.00 bits per heavy atom. The number of carbonyl (C=O) groups excluding carboxylic acids is 2. The molecule has 0 fully saturated rings. The lowest BCUT2D eigenvalue weighted by Gasteiger charge is -2.17. The highest BCUT2D eigenvalue weighted by Crippen LogP contribution is 2.26. The zero-order valence-electron chi connectivity index (χ0n) is 15.8. The summed E-state index contributed by atoms with van der Waals surface area (Å²) in [5, 5.41) is 5.56. The van der Waals surface area contributed by atoms with Crippen LogP contribution in [-0.4, -0.2) is 25.0 Å². The standard InChI is InChI=1S/C21H22F2N2O4/c22-21(23)29-17-4-1-3-14(11-17)13-24-19(26)5-2-10-28-16-7-8-18-15(12-16)6-9-20(27)25-18/h1,3-4,7-8,11-12,21H,2,5-6,9-10,13H2,(H,24,26)(H,25,27). The topological polar surface area (TPSA) is 76.7 Å². The van der Waals surface area contributed by atoms with E-state index < -0.39 is 6.61 Å². The fourth-order valence-corrected chi connectivity index (χ4v) is 2.99. The first kappa shape index (κ1) is 20.6. The van der Waals surface area contributed by atoms with E-state index in [9.17, 15) is 18.4 Å². The van der Waals surface area contributed by atoms with Gasteiger partial charge in [0.15, 0.2) is 0 Å². The number of carbonyl (C=O) groups is 2. The van der Waals surface area contributed by atoms with Crippen LogP contribution in [0.25, 0.3) is 0 Å². The number of alkyl halides is 2. The van der Waals surface area contributed by atoms with Crippen LogP contribution in [0.5, 0.6) is 11.5 Å². The number of hydrogen-bond donors (Lipinski definition) is 2. The predicted octanol–water partition coefficient (Wildman–Crippen LogP) is 3.65. The van der Waals surface area contributed by atoms with E-state index in [1.807, 2.05) is 12.1 Å². The number of hydrogen-bond acceptors (Lipinski definition) is 4. The second kappa shape index (κ2) is 9.86. The molecule has 6 nitrogen and oxygen atoms in total. The van der Waals surface area contributed by atoms with Crippen molar-refractivity contribution in [1.82, 2.24) is 5.32 Å². The largest absolute Gasteiger partial charge is 0.494 e. The van der Waals surface area contributed by atoms with Gasteiger partial charge in [0.05, 0.1) is 6.61 Å². The van der Waals surface area contributed by atoms with Gasteiger partial charge in [-0.05, 0) is 54.3 Å². The van der Waals surface area contributed by atoms with E-state index in [4.69, 9.17) is 4.74 Å². The Hall–Kier alpha value is -3.16. The molecular formula is C21H22F2N2O4. The fourth-order valence-electron chi connectivity index (χ4n) is 2.99. The van der Waals surface area contributed by atoms with E-state index in [0.717, 1.165) is 11.3 Å². The van der Waals surface area contributed by atoms with Crippen molar-refractivity contribution in [1.29, 1.82) is 0 Å². The van der Waals surface area contributed by atoms with Gasteiger partial charge in [-0.15, -0.1) is 0 Å². The van der Waals surface area contributed by atoms with E-state index in [2.05, 4.69) is 15.4 Å². The second-order valence-electron chi connectivity index (χ2n) is 6.62. The quantitative estimate of drug-likeness (QED) is 0.626. The molecule has 8 heteroatoms. The third-order valence-corrected chi connectivity index (χ3v) is 4.40. The zero-order chi connectivity index (χ0) is 20.6. The Kier molecular flexibility index (Phi) is 6.99. The normalized spacial score (nSPS) is 12.9. The first-order chi connectivity index (χ1) is 14.0. The number of ether oxygens (including phenoxy) is 2. The second-order valence-corrected chi connectivity index (χ2v) is 6.62. The third kappa shape index (κ3) is 6.44. The van der Waals surface area contributed by atoms with Crippen molar-refractivity contribution in [3.63, 3.8) is 0 Å². The van der Waals surface area contributed by atoms with Crippen LogP contribution in [0.2, 0.25) is 0 Å². The molecule has 2 amide bonds. The summed E-state index contributed by atoms with van der Waals surface area (Å²) in [6.07, 6.45) is 1.97. The smallest absolute Gasteiger partial charge is 0.387 e. The summed E-state index contributed by atoms with van der Waals surface area (Å²) in [6, 6.07) is 11.7. The van der Waals surface area contributed by atoms with Crippen LogP contribution >= 0.6 is 0 Å². The number of aryl methyl sites for hydroxylation is 1. The van der Waals surface area contributed by atoms with Gasteiger partial charge in [0.2, 0.25) is 11.8 Å².